The van der Waals surface area contributed by atoms with Crippen LogP contribution in [0, 0.1) is 6.92 Å². The summed E-state index contributed by atoms with van der Waals surface area (Å²) in [6, 6.07) is 8.01. The van der Waals surface area contributed by atoms with Gasteiger partial charge in [-0.15, -0.1) is 0 Å². The number of hydrogen-bond donors (Lipinski definition) is 1. The molecule has 0 spiro atoms. The Morgan fingerprint density at radius 3 is 2.85 bits per heavy atom. The van der Waals surface area contributed by atoms with E-state index in [0.29, 0.717) is 0 Å². The zero-order valence-electron chi connectivity index (χ0n) is 7.49. The highest BCUT2D eigenvalue weighted by atomic mass is 16.3. The maximum absolute atomic E-state index is 9.06. The van der Waals surface area contributed by atoms with Crippen molar-refractivity contribution in [3.8, 4) is 0 Å². The van der Waals surface area contributed by atoms with Crippen LogP contribution in [0.5, 0.6) is 0 Å². The highest BCUT2D eigenvalue weighted by Crippen LogP contribution is 2.19. The van der Waals surface area contributed by atoms with E-state index in [9.17, 15) is 0 Å². The van der Waals surface area contributed by atoms with E-state index in [1.54, 1.807) is 6.20 Å². The van der Waals surface area contributed by atoms with Gasteiger partial charge in [0, 0.05) is 11.6 Å². The van der Waals surface area contributed by atoms with Gasteiger partial charge in [0.05, 0.1) is 12.3 Å². The van der Waals surface area contributed by atoms with Crippen molar-refractivity contribution in [3.63, 3.8) is 0 Å². The van der Waals surface area contributed by atoms with Crippen LogP contribution in [0.25, 0.3) is 10.8 Å². The van der Waals surface area contributed by atoms with Gasteiger partial charge in [-0.25, -0.2) is 0 Å². The van der Waals surface area contributed by atoms with Crippen LogP contribution in [0.4, 0.5) is 0 Å². The average molecular weight is 173 g/mol. The molecule has 0 unspecified atom stereocenters. The molecule has 0 aliphatic rings. The lowest BCUT2D eigenvalue weighted by Crippen LogP contribution is -1.91. The molecule has 0 saturated heterocycles. The summed E-state index contributed by atoms with van der Waals surface area (Å²) < 4.78 is 0. The fourth-order valence-corrected chi connectivity index (χ4v) is 1.55. The summed E-state index contributed by atoms with van der Waals surface area (Å²) in [6.07, 6.45) is 1.74. The van der Waals surface area contributed by atoms with E-state index in [-0.39, 0.29) is 6.61 Å². The van der Waals surface area contributed by atoms with E-state index in [0.717, 1.165) is 11.1 Å². The zero-order chi connectivity index (χ0) is 9.26. The summed E-state index contributed by atoms with van der Waals surface area (Å²) in [5, 5.41) is 11.3. The smallest absolute Gasteiger partial charge is 0.0859 e. The molecule has 2 heteroatoms. The van der Waals surface area contributed by atoms with E-state index in [2.05, 4.69) is 18.0 Å². The summed E-state index contributed by atoms with van der Waals surface area (Å²) in [5.74, 6) is 0. The highest BCUT2D eigenvalue weighted by Gasteiger charge is 2.01. The lowest BCUT2D eigenvalue weighted by Gasteiger charge is -2.04. The van der Waals surface area contributed by atoms with E-state index in [4.69, 9.17) is 5.11 Å². The van der Waals surface area contributed by atoms with Crippen LogP contribution in [0.2, 0.25) is 0 Å². The molecule has 0 amide bonds. The van der Waals surface area contributed by atoms with Gasteiger partial charge in [0.1, 0.15) is 0 Å². The van der Waals surface area contributed by atoms with Crippen molar-refractivity contribution in [2.75, 3.05) is 0 Å². The molecular formula is C11H11NO. The second-order valence-corrected chi connectivity index (χ2v) is 3.09. The van der Waals surface area contributed by atoms with Gasteiger partial charge in [-0.1, -0.05) is 18.2 Å². The quantitative estimate of drug-likeness (QED) is 0.715. The predicted octanol–water partition coefficient (Wildman–Crippen LogP) is 2.04. The van der Waals surface area contributed by atoms with E-state index in [1.807, 2.05) is 18.2 Å². The van der Waals surface area contributed by atoms with Crippen molar-refractivity contribution in [1.29, 1.82) is 0 Å². The van der Waals surface area contributed by atoms with Crippen molar-refractivity contribution in [3.05, 3.63) is 41.7 Å². The fraction of sp³-hybridized carbons (Fsp3) is 0.182. The van der Waals surface area contributed by atoms with Crippen LogP contribution in [-0.4, -0.2) is 10.1 Å². The molecule has 0 radical (unpaired) electrons. The largest absolute Gasteiger partial charge is 0.390 e. The number of aromatic nitrogens is 1. The Morgan fingerprint density at radius 2 is 2.08 bits per heavy atom. The number of aryl methyl sites for hydroxylation is 1. The molecule has 2 rings (SSSR count). The lowest BCUT2D eigenvalue weighted by molar-refractivity contribution is 0.278. The fourth-order valence-electron chi connectivity index (χ4n) is 1.55. The van der Waals surface area contributed by atoms with E-state index >= 15 is 0 Å². The van der Waals surface area contributed by atoms with Crippen LogP contribution in [0.15, 0.2) is 30.5 Å². The van der Waals surface area contributed by atoms with E-state index < -0.39 is 0 Å². The van der Waals surface area contributed by atoms with Crippen LogP contribution >= 0.6 is 0 Å². The monoisotopic (exact) mass is 173 g/mol. The highest BCUT2D eigenvalue weighted by molar-refractivity contribution is 5.87. The van der Waals surface area contributed by atoms with Gasteiger partial charge >= 0.3 is 0 Å². The van der Waals surface area contributed by atoms with Gasteiger partial charge in [0.2, 0.25) is 0 Å². The third kappa shape index (κ3) is 1.29. The minimum absolute atomic E-state index is 0.000787. The summed E-state index contributed by atoms with van der Waals surface area (Å²) in [4.78, 5) is 4.12. The number of benzene rings is 1. The SMILES string of the molecule is Cc1cccc2c(CO)nccc12. The van der Waals surface area contributed by atoms with Gasteiger partial charge in [-0.3, -0.25) is 4.98 Å². The van der Waals surface area contributed by atoms with Crippen molar-refractivity contribution >= 4 is 10.8 Å². The number of hydrogen-bond acceptors (Lipinski definition) is 2. The number of pyridine rings is 1. The molecule has 2 aromatic rings. The first kappa shape index (κ1) is 8.20. The van der Waals surface area contributed by atoms with Gasteiger partial charge in [-0.05, 0) is 23.9 Å². The Bertz CT molecular complexity index is 437. The lowest BCUT2D eigenvalue weighted by atomic mass is 10.1. The Kier molecular flexibility index (Phi) is 1.99. The molecule has 0 aliphatic heterocycles. The molecule has 0 atom stereocenters. The topological polar surface area (TPSA) is 33.1 Å². The Morgan fingerprint density at radius 1 is 1.23 bits per heavy atom. The number of aliphatic hydroxyl groups excluding tert-OH is 1. The zero-order valence-corrected chi connectivity index (χ0v) is 7.49. The minimum Gasteiger partial charge on any atom is -0.390 e. The van der Waals surface area contributed by atoms with Crippen molar-refractivity contribution in [2.45, 2.75) is 13.5 Å². The summed E-state index contributed by atoms with van der Waals surface area (Å²) in [5.41, 5.74) is 1.97. The summed E-state index contributed by atoms with van der Waals surface area (Å²) >= 11 is 0. The molecule has 0 saturated carbocycles. The maximum Gasteiger partial charge on any atom is 0.0859 e. The maximum atomic E-state index is 9.06. The van der Waals surface area contributed by atoms with Crippen LogP contribution in [-0.2, 0) is 6.61 Å². The molecular weight excluding hydrogens is 162 g/mol. The molecule has 0 fully saturated rings. The Labute approximate surface area is 76.9 Å². The Hall–Kier alpha value is -1.41. The van der Waals surface area contributed by atoms with Gasteiger partial charge in [0.15, 0.2) is 0 Å². The molecule has 1 aromatic carbocycles. The first-order valence-corrected chi connectivity index (χ1v) is 4.27. The molecule has 1 aromatic heterocycles. The normalized spacial score (nSPS) is 10.6. The van der Waals surface area contributed by atoms with Crippen LogP contribution in [0.3, 0.4) is 0 Å². The van der Waals surface area contributed by atoms with Crippen LogP contribution in [0.1, 0.15) is 11.3 Å². The second kappa shape index (κ2) is 3.15. The van der Waals surface area contributed by atoms with Gasteiger partial charge in [-0.2, -0.15) is 0 Å². The molecule has 0 aliphatic carbocycles. The molecule has 2 nitrogen and oxygen atoms in total. The van der Waals surface area contributed by atoms with Crippen molar-refractivity contribution < 1.29 is 5.11 Å². The second-order valence-electron chi connectivity index (χ2n) is 3.09. The van der Waals surface area contributed by atoms with E-state index in [1.165, 1.54) is 10.9 Å². The van der Waals surface area contributed by atoms with Crippen LogP contribution < -0.4 is 0 Å². The predicted molar refractivity (Wildman–Crippen MR) is 52.4 cm³/mol. The van der Waals surface area contributed by atoms with Gasteiger partial charge in [0.25, 0.3) is 0 Å². The standard InChI is InChI=1S/C11H11NO/c1-8-3-2-4-10-9(8)5-6-12-11(10)7-13/h2-6,13H,7H2,1H3. The summed E-state index contributed by atoms with van der Waals surface area (Å²) in [7, 11) is 0. The first-order valence-electron chi connectivity index (χ1n) is 4.27. The minimum atomic E-state index is 0.000787. The Balaban J connectivity index is 2.84. The molecule has 1 N–H and O–H groups in total. The average Bonchev–Trinajstić information content (AvgIpc) is 2.18. The first-order chi connectivity index (χ1) is 6.33. The molecule has 13 heavy (non-hydrogen) atoms. The number of rotatable bonds is 1. The number of fused-ring (bicyclic) bond motifs is 1. The molecule has 0 bridgehead atoms. The molecule has 1 heterocycles. The third-order valence-electron chi connectivity index (χ3n) is 2.26. The third-order valence-corrected chi connectivity index (χ3v) is 2.26. The van der Waals surface area contributed by atoms with Gasteiger partial charge < -0.3 is 5.11 Å². The van der Waals surface area contributed by atoms with Crippen molar-refractivity contribution in [2.24, 2.45) is 0 Å². The molecule has 66 valence electrons. The summed E-state index contributed by atoms with van der Waals surface area (Å²) in [6.45, 7) is 2.06. The number of aliphatic hydroxyl groups is 1. The van der Waals surface area contributed by atoms with Crippen molar-refractivity contribution in [1.82, 2.24) is 4.98 Å². The number of nitrogens with zero attached hydrogens (tertiary/aromatic N) is 1.